The summed E-state index contributed by atoms with van der Waals surface area (Å²) in [6.07, 6.45) is 95.8. The van der Waals surface area contributed by atoms with E-state index in [4.69, 9.17) is 14.2 Å². The standard InChI is InChI=1S/C77H134O6/c1-4-7-10-13-16-19-22-25-27-29-31-33-35-37-38-40-41-43-45-47-49-52-55-58-61-64-67-70-76(79)82-73-74(72-81-75(78)69-66-63-60-57-54-51-24-21-18-15-12-9-6-3)83-77(80)71-68-65-62-59-56-53-50-48-46-44-42-39-36-34-32-30-28-26-23-20-17-14-11-8-5-2/h9,12,18,21-23,25-26,29-32,35,37,51,54,74H,4-8,10-11,13-17,19-20,24,27-28,33-34,36,38-50,52-53,55-73H2,1-3H3/b12-9-,21-18-,25-22-,26-23-,31-29-,32-30-,37-35-,54-51-. The Balaban J connectivity index is 4.28. The third kappa shape index (κ3) is 69.0. The minimum absolute atomic E-state index is 0.0866. The third-order valence-corrected chi connectivity index (χ3v) is 15.5. The van der Waals surface area contributed by atoms with Crippen LogP contribution in [-0.2, 0) is 28.6 Å². The van der Waals surface area contributed by atoms with E-state index in [0.29, 0.717) is 19.3 Å². The molecular formula is C77H134O6. The molecule has 0 aliphatic carbocycles. The zero-order valence-electron chi connectivity index (χ0n) is 54.9. The lowest BCUT2D eigenvalue weighted by Crippen LogP contribution is -2.30. The average molecular weight is 1160 g/mol. The SMILES string of the molecule is CC/C=C\C/C=C\C/C=C\CCCCCC(=O)OCC(COC(=O)CCCCCCCCCCCCCC/C=C\C/C=C\C/C=C\CCCCCCC)OC(=O)CCCCCCCCCCCCCCC/C=C\C/C=C\CCCCCCC. The molecule has 6 heteroatoms. The van der Waals surface area contributed by atoms with Gasteiger partial charge < -0.3 is 14.2 Å². The molecule has 1 atom stereocenters. The lowest BCUT2D eigenvalue weighted by atomic mass is 10.0. The first-order valence-corrected chi connectivity index (χ1v) is 35.7. The molecule has 0 spiro atoms. The van der Waals surface area contributed by atoms with Crippen molar-refractivity contribution in [1.29, 1.82) is 0 Å². The number of rotatable bonds is 65. The molecule has 0 saturated heterocycles. The van der Waals surface area contributed by atoms with Crippen LogP contribution < -0.4 is 0 Å². The molecule has 0 saturated carbocycles. The van der Waals surface area contributed by atoms with E-state index in [9.17, 15) is 14.4 Å². The summed E-state index contributed by atoms with van der Waals surface area (Å²) in [5.74, 6) is -0.905. The number of unbranched alkanes of at least 4 members (excludes halogenated alkanes) is 38. The number of allylic oxidation sites excluding steroid dienone is 16. The highest BCUT2D eigenvalue weighted by Gasteiger charge is 2.19. The number of carbonyl (C=O) groups excluding carboxylic acids is 3. The fraction of sp³-hybridized carbons (Fsp3) is 0.753. The number of carbonyl (C=O) groups is 3. The molecule has 0 bridgehead atoms. The van der Waals surface area contributed by atoms with Crippen molar-refractivity contribution in [2.75, 3.05) is 13.2 Å². The largest absolute Gasteiger partial charge is 0.462 e. The van der Waals surface area contributed by atoms with Gasteiger partial charge in [-0.3, -0.25) is 14.4 Å². The molecule has 0 aromatic carbocycles. The van der Waals surface area contributed by atoms with E-state index in [1.54, 1.807) is 0 Å². The summed E-state index contributed by atoms with van der Waals surface area (Å²) in [6, 6.07) is 0. The van der Waals surface area contributed by atoms with Crippen molar-refractivity contribution >= 4 is 17.9 Å². The second-order valence-corrected chi connectivity index (χ2v) is 23.8. The quantitative estimate of drug-likeness (QED) is 0.0261. The fourth-order valence-electron chi connectivity index (χ4n) is 10.2. The number of ether oxygens (including phenoxy) is 3. The minimum atomic E-state index is -0.793. The number of hydrogen-bond acceptors (Lipinski definition) is 6. The van der Waals surface area contributed by atoms with Crippen LogP contribution in [-0.4, -0.2) is 37.2 Å². The van der Waals surface area contributed by atoms with Gasteiger partial charge in [-0.15, -0.1) is 0 Å². The molecule has 0 rings (SSSR count). The van der Waals surface area contributed by atoms with Crippen LogP contribution in [0.15, 0.2) is 97.2 Å². The first kappa shape index (κ1) is 79.3. The molecular weight excluding hydrogens is 1020 g/mol. The number of hydrogen-bond donors (Lipinski definition) is 0. The van der Waals surface area contributed by atoms with Crippen molar-refractivity contribution in [3.05, 3.63) is 97.2 Å². The zero-order chi connectivity index (χ0) is 59.9. The highest BCUT2D eigenvalue weighted by molar-refractivity contribution is 5.71. The van der Waals surface area contributed by atoms with Crippen LogP contribution in [0.25, 0.3) is 0 Å². The molecule has 0 aromatic rings. The van der Waals surface area contributed by atoms with E-state index in [2.05, 4.69) is 118 Å². The van der Waals surface area contributed by atoms with Gasteiger partial charge >= 0.3 is 17.9 Å². The molecule has 0 aromatic heterocycles. The molecule has 0 fully saturated rings. The summed E-state index contributed by atoms with van der Waals surface area (Å²) in [5.41, 5.74) is 0. The van der Waals surface area contributed by atoms with E-state index in [1.807, 2.05) is 0 Å². The van der Waals surface area contributed by atoms with Crippen molar-refractivity contribution in [2.45, 2.75) is 361 Å². The summed E-state index contributed by atoms with van der Waals surface area (Å²) >= 11 is 0. The smallest absolute Gasteiger partial charge is 0.306 e. The Hall–Kier alpha value is -3.67. The van der Waals surface area contributed by atoms with Crippen molar-refractivity contribution in [1.82, 2.24) is 0 Å². The molecule has 478 valence electrons. The highest BCUT2D eigenvalue weighted by atomic mass is 16.6. The fourth-order valence-corrected chi connectivity index (χ4v) is 10.2. The zero-order valence-corrected chi connectivity index (χ0v) is 54.9. The van der Waals surface area contributed by atoms with E-state index in [0.717, 1.165) is 103 Å². The Kier molecular flexibility index (Phi) is 67.7. The second kappa shape index (κ2) is 70.8. The van der Waals surface area contributed by atoms with E-state index >= 15 is 0 Å². The van der Waals surface area contributed by atoms with Crippen LogP contribution in [0.5, 0.6) is 0 Å². The average Bonchev–Trinajstić information content (AvgIpc) is 3.49. The van der Waals surface area contributed by atoms with Gasteiger partial charge in [0.15, 0.2) is 6.10 Å². The van der Waals surface area contributed by atoms with Crippen LogP contribution in [0.4, 0.5) is 0 Å². The molecule has 0 amide bonds. The predicted molar refractivity (Wildman–Crippen MR) is 362 cm³/mol. The molecule has 0 radical (unpaired) electrons. The Morgan fingerprint density at radius 2 is 0.470 bits per heavy atom. The van der Waals surface area contributed by atoms with E-state index < -0.39 is 6.10 Å². The van der Waals surface area contributed by atoms with Gasteiger partial charge in [0.05, 0.1) is 0 Å². The molecule has 0 heterocycles. The number of esters is 3. The first-order chi connectivity index (χ1) is 41.0. The maximum absolute atomic E-state index is 13.0. The van der Waals surface area contributed by atoms with Gasteiger partial charge in [-0.05, 0) is 122 Å². The monoisotopic (exact) mass is 1160 g/mol. The van der Waals surface area contributed by atoms with Gasteiger partial charge in [0, 0.05) is 19.3 Å². The molecule has 83 heavy (non-hydrogen) atoms. The third-order valence-electron chi connectivity index (χ3n) is 15.5. The molecule has 0 N–H and O–H groups in total. The van der Waals surface area contributed by atoms with Gasteiger partial charge in [-0.25, -0.2) is 0 Å². The lowest BCUT2D eigenvalue weighted by Gasteiger charge is -2.18. The molecule has 6 nitrogen and oxygen atoms in total. The highest BCUT2D eigenvalue weighted by Crippen LogP contribution is 2.17. The Morgan fingerprint density at radius 3 is 0.747 bits per heavy atom. The minimum Gasteiger partial charge on any atom is -0.462 e. The van der Waals surface area contributed by atoms with Gasteiger partial charge in [0.1, 0.15) is 13.2 Å². The van der Waals surface area contributed by atoms with Gasteiger partial charge in [0.25, 0.3) is 0 Å². The van der Waals surface area contributed by atoms with Gasteiger partial charge in [-0.1, -0.05) is 311 Å². The van der Waals surface area contributed by atoms with Crippen molar-refractivity contribution in [2.24, 2.45) is 0 Å². The van der Waals surface area contributed by atoms with Crippen LogP contribution in [0.3, 0.4) is 0 Å². The van der Waals surface area contributed by atoms with Crippen molar-refractivity contribution in [3.8, 4) is 0 Å². The first-order valence-electron chi connectivity index (χ1n) is 35.7. The maximum Gasteiger partial charge on any atom is 0.306 e. The van der Waals surface area contributed by atoms with E-state index in [1.165, 1.54) is 212 Å². The maximum atomic E-state index is 13.0. The molecule has 0 aliphatic heterocycles. The van der Waals surface area contributed by atoms with Crippen LogP contribution in [0.1, 0.15) is 355 Å². The van der Waals surface area contributed by atoms with Crippen LogP contribution in [0.2, 0.25) is 0 Å². The predicted octanol–water partition coefficient (Wildman–Crippen LogP) is 24.8. The van der Waals surface area contributed by atoms with Gasteiger partial charge in [-0.2, -0.15) is 0 Å². The normalized spacial score (nSPS) is 12.7. The summed E-state index contributed by atoms with van der Waals surface area (Å²) in [7, 11) is 0. The molecule has 0 aliphatic rings. The topological polar surface area (TPSA) is 78.9 Å². The van der Waals surface area contributed by atoms with Crippen molar-refractivity contribution in [3.63, 3.8) is 0 Å². The summed E-state index contributed by atoms with van der Waals surface area (Å²) in [5, 5.41) is 0. The second-order valence-electron chi connectivity index (χ2n) is 23.8. The Bertz CT molecular complexity index is 1610. The summed E-state index contributed by atoms with van der Waals surface area (Å²) in [4.78, 5) is 38.4. The Morgan fingerprint density at radius 1 is 0.253 bits per heavy atom. The molecule has 1 unspecified atom stereocenters. The van der Waals surface area contributed by atoms with Crippen molar-refractivity contribution < 1.29 is 28.6 Å². The van der Waals surface area contributed by atoms with Crippen LogP contribution >= 0.6 is 0 Å². The summed E-state index contributed by atoms with van der Waals surface area (Å²) < 4.78 is 17.0. The summed E-state index contributed by atoms with van der Waals surface area (Å²) in [6.45, 7) is 6.52. The van der Waals surface area contributed by atoms with Crippen LogP contribution in [0, 0.1) is 0 Å². The van der Waals surface area contributed by atoms with E-state index in [-0.39, 0.29) is 31.1 Å². The Labute approximate surface area is 515 Å². The van der Waals surface area contributed by atoms with Gasteiger partial charge in [0.2, 0.25) is 0 Å². The lowest BCUT2D eigenvalue weighted by molar-refractivity contribution is -0.167.